The van der Waals surface area contributed by atoms with Crippen molar-refractivity contribution in [3.8, 4) is 17.1 Å². The molecule has 0 fully saturated rings. The Morgan fingerprint density at radius 2 is 1.76 bits per heavy atom. The molecule has 42 heavy (non-hydrogen) atoms. The molecule has 0 radical (unpaired) electrons. The summed E-state index contributed by atoms with van der Waals surface area (Å²) in [6, 6.07) is 13.1. The van der Waals surface area contributed by atoms with Crippen LogP contribution in [-0.4, -0.2) is 81.0 Å². The van der Waals surface area contributed by atoms with E-state index in [0.717, 1.165) is 5.69 Å². The third-order valence-electron chi connectivity index (χ3n) is 5.63. The van der Waals surface area contributed by atoms with Gasteiger partial charge in [0.25, 0.3) is 11.8 Å². The number of nitrogens with one attached hydrogen (secondary N) is 2. The van der Waals surface area contributed by atoms with Crippen molar-refractivity contribution < 1.29 is 36.6 Å². The van der Waals surface area contributed by atoms with Crippen molar-refractivity contribution in [2.45, 2.75) is 19.6 Å². The maximum atomic E-state index is 12.8. The highest BCUT2D eigenvalue weighted by atomic mass is 19.4. The first-order valence-corrected chi connectivity index (χ1v) is 12.6. The molecule has 2 amide bonds. The lowest BCUT2D eigenvalue weighted by atomic mass is 10.1. The molecule has 0 aliphatic heterocycles. The number of carbonyl (C=O) groups is 2. The molecule has 0 unspecified atom stereocenters. The molecule has 0 atom stereocenters. The van der Waals surface area contributed by atoms with Gasteiger partial charge in [0.1, 0.15) is 37.0 Å². The predicted molar refractivity (Wildman–Crippen MR) is 139 cm³/mol. The number of carbonyl (C=O) groups excluding carboxylic acids is 2. The number of hydrogen-bond donors (Lipinski definition) is 2. The molecule has 2 heterocycles. The molecular formula is C26H26F4N8O4. The third-order valence-corrected chi connectivity index (χ3v) is 5.63. The van der Waals surface area contributed by atoms with Crippen molar-refractivity contribution in [1.82, 2.24) is 40.6 Å². The number of rotatable bonds is 13. The van der Waals surface area contributed by atoms with Crippen LogP contribution in [0.15, 0.2) is 54.7 Å². The SMILES string of the molecule is Cc1nn(-c2ccccc2)nc1CNC(=O)c1cn(-c2ccc(C(=O)NCC(F)(F)F)cc2OCCOCCF)nn1. The molecule has 16 heteroatoms. The van der Waals surface area contributed by atoms with E-state index in [4.69, 9.17) is 9.47 Å². The van der Waals surface area contributed by atoms with Crippen molar-refractivity contribution in [2.75, 3.05) is 33.0 Å². The van der Waals surface area contributed by atoms with Crippen LogP contribution in [0.25, 0.3) is 11.4 Å². The first kappa shape index (κ1) is 30.1. The average molecular weight is 591 g/mol. The summed E-state index contributed by atoms with van der Waals surface area (Å²) in [5, 5.41) is 21.1. The van der Waals surface area contributed by atoms with Crippen LogP contribution >= 0.6 is 0 Å². The normalized spacial score (nSPS) is 11.4. The van der Waals surface area contributed by atoms with Crippen LogP contribution in [0.2, 0.25) is 0 Å². The second-order valence-electron chi connectivity index (χ2n) is 8.72. The molecule has 0 bridgehead atoms. The van der Waals surface area contributed by atoms with E-state index in [1.165, 1.54) is 33.9 Å². The van der Waals surface area contributed by atoms with Crippen LogP contribution in [-0.2, 0) is 11.3 Å². The van der Waals surface area contributed by atoms with Crippen molar-refractivity contribution in [3.05, 3.63) is 77.4 Å². The Kier molecular flexibility index (Phi) is 9.80. The molecule has 4 aromatic rings. The Morgan fingerprint density at radius 1 is 0.976 bits per heavy atom. The number of ether oxygens (including phenoxy) is 2. The van der Waals surface area contributed by atoms with Gasteiger partial charge in [0.05, 0.1) is 37.3 Å². The highest BCUT2D eigenvalue weighted by Crippen LogP contribution is 2.25. The van der Waals surface area contributed by atoms with Gasteiger partial charge in [-0.25, -0.2) is 9.07 Å². The van der Waals surface area contributed by atoms with Gasteiger partial charge in [0, 0.05) is 5.56 Å². The lowest BCUT2D eigenvalue weighted by Gasteiger charge is -2.14. The smallest absolute Gasteiger partial charge is 0.405 e. The first-order valence-electron chi connectivity index (χ1n) is 12.6. The molecule has 4 rings (SSSR count). The topological polar surface area (TPSA) is 138 Å². The van der Waals surface area contributed by atoms with Gasteiger partial charge < -0.3 is 20.1 Å². The number of aromatic nitrogens is 6. The van der Waals surface area contributed by atoms with Crippen LogP contribution in [0.3, 0.4) is 0 Å². The zero-order chi connectivity index (χ0) is 30.1. The zero-order valence-corrected chi connectivity index (χ0v) is 22.3. The second kappa shape index (κ2) is 13.7. The largest absolute Gasteiger partial charge is 0.489 e. The number of nitrogens with zero attached hydrogens (tertiary/aromatic N) is 6. The molecule has 2 aromatic carbocycles. The minimum Gasteiger partial charge on any atom is -0.489 e. The maximum absolute atomic E-state index is 12.8. The van der Waals surface area contributed by atoms with E-state index in [1.807, 2.05) is 30.3 Å². The summed E-state index contributed by atoms with van der Waals surface area (Å²) in [4.78, 5) is 26.5. The van der Waals surface area contributed by atoms with Gasteiger partial charge in [-0.2, -0.15) is 28.2 Å². The number of halogens is 4. The molecule has 0 saturated carbocycles. The molecule has 0 aliphatic rings. The molecule has 0 saturated heterocycles. The molecule has 2 N–H and O–H groups in total. The van der Waals surface area contributed by atoms with Gasteiger partial charge in [0.2, 0.25) is 0 Å². The Morgan fingerprint density at radius 3 is 2.50 bits per heavy atom. The number of hydrogen-bond acceptors (Lipinski definition) is 8. The molecule has 0 aliphatic carbocycles. The van der Waals surface area contributed by atoms with E-state index >= 15 is 0 Å². The fourth-order valence-corrected chi connectivity index (χ4v) is 3.60. The van der Waals surface area contributed by atoms with Crippen molar-refractivity contribution in [2.24, 2.45) is 0 Å². The van der Waals surface area contributed by atoms with E-state index in [2.05, 4.69) is 25.8 Å². The molecule has 12 nitrogen and oxygen atoms in total. The van der Waals surface area contributed by atoms with E-state index in [1.54, 1.807) is 12.2 Å². The van der Waals surface area contributed by atoms with Gasteiger partial charge in [-0.1, -0.05) is 23.4 Å². The van der Waals surface area contributed by atoms with Gasteiger partial charge in [-0.15, -0.1) is 5.10 Å². The minimum atomic E-state index is -4.59. The molecule has 2 aromatic heterocycles. The Labute approximate surface area is 236 Å². The van der Waals surface area contributed by atoms with Crippen LogP contribution in [0.4, 0.5) is 17.6 Å². The highest BCUT2D eigenvalue weighted by Gasteiger charge is 2.28. The number of para-hydroxylation sites is 1. The summed E-state index contributed by atoms with van der Waals surface area (Å²) >= 11 is 0. The fourth-order valence-electron chi connectivity index (χ4n) is 3.60. The van der Waals surface area contributed by atoms with Crippen molar-refractivity contribution >= 4 is 11.8 Å². The predicted octanol–water partition coefficient (Wildman–Crippen LogP) is 2.74. The Balaban J connectivity index is 1.47. The summed E-state index contributed by atoms with van der Waals surface area (Å²) in [5.41, 5.74) is 2.01. The summed E-state index contributed by atoms with van der Waals surface area (Å²) < 4.78 is 61.8. The molecule has 0 spiro atoms. The minimum absolute atomic E-state index is 0.00712. The summed E-state index contributed by atoms with van der Waals surface area (Å²) in [7, 11) is 0. The number of amides is 2. The van der Waals surface area contributed by atoms with E-state index in [0.29, 0.717) is 11.4 Å². The number of alkyl halides is 4. The Bertz CT molecular complexity index is 1510. The zero-order valence-electron chi connectivity index (χ0n) is 22.3. The van der Waals surface area contributed by atoms with Crippen molar-refractivity contribution in [3.63, 3.8) is 0 Å². The highest BCUT2D eigenvalue weighted by molar-refractivity contribution is 5.95. The average Bonchev–Trinajstić information content (AvgIpc) is 3.62. The summed E-state index contributed by atoms with van der Waals surface area (Å²) in [6.45, 7) is -0.557. The summed E-state index contributed by atoms with van der Waals surface area (Å²) in [6.07, 6.45) is -3.27. The quantitative estimate of drug-likeness (QED) is 0.179. The van der Waals surface area contributed by atoms with Crippen LogP contribution < -0.4 is 15.4 Å². The summed E-state index contributed by atoms with van der Waals surface area (Å²) in [5.74, 6) is -1.49. The number of benzene rings is 2. The monoisotopic (exact) mass is 590 g/mol. The molecular weight excluding hydrogens is 564 g/mol. The van der Waals surface area contributed by atoms with Crippen LogP contribution in [0.5, 0.6) is 5.75 Å². The van der Waals surface area contributed by atoms with Crippen LogP contribution in [0, 0.1) is 6.92 Å². The van der Waals surface area contributed by atoms with Gasteiger partial charge in [0.15, 0.2) is 5.69 Å². The van der Waals surface area contributed by atoms with Crippen LogP contribution in [0.1, 0.15) is 32.2 Å². The fraction of sp³-hybridized carbons (Fsp3) is 0.308. The lowest BCUT2D eigenvalue weighted by molar-refractivity contribution is -0.123. The van der Waals surface area contributed by atoms with E-state index < -0.39 is 31.2 Å². The van der Waals surface area contributed by atoms with Gasteiger partial charge in [-0.3, -0.25) is 9.59 Å². The van der Waals surface area contributed by atoms with E-state index in [-0.39, 0.29) is 49.1 Å². The number of aryl methyl sites for hydroxylation is 1. The molecule has 222 valence electrons. The third kappa shape index (κ3) is 8.09. The van der Waals surface area contributed by atoms with Gasteiger partial charge in [-0.05, 0) is 37.3 Å². The van der Waals surface area contributed by atoms with Crippen molar-refractivity contribution in [1.29, 1.82) is 0 Å². The maximum Gasteiger partial charge on any atom is 0.405 e. The van der Waals surface area contributed by atoms with Gasteiger partial charge >= 0.3 is 6.18 Å². The Hall–Kier alpha value is -4.86. The first-order chi connectivity index (χ1) is 20.1. The van der Waals surface area contributed by atoms with E-state index in [9.17, 15) is 27.2 Å². The lowest BCUT2D eigenvalue weighted by Crippen LogP contribution is -2.33. The standard InChI is InChI=1S/C26H26F4N8O4/c1-17-20(35-38(34-17)19-5-3-2-4-6-19)14-31-25(40)21-15-37(36-33-21)22-8-7-18(24(39)32-16-26(28,29)30)13-23(22)42-12-11-41-10-9-27/h2-8,13,15H,9-12,14,16H2,1H3,(H,31,40)(H,32,39). The second-order valence-corrected chi connectivity index (χ2v) is 8.72.